The molecule has 1 aliphatic rings. The molecule has 0 aliphatic carbocycles. The van der Waals surface area contributed by atoms with Crippen molar-refractivity contribution in [2.24, 2.45) is 0 Å². The van der Waals surface area contributed by atoms with E-state index in [2.05, 4.69) is 21.1 Å². The number of nitrogens with zero attached hydrogens (tertiary/aromatic N) is 1. The molecule has 2 atom stereocenters. The molecule has 0 spiro atoms. The van der Waals surface area contributed by atoms with E-state index in [1.165, 1.54) is 0 Å². The van der Waals surface area contributed by atoms with Gasteiger partial charge in [0.15, 0.2) is 6.10 Å². The Bertz CT molecular complexity index is 108. The SMILES string of the molecule is C[N+](C)(C)C1OC1CO. The maximum atomic E-state index is 8.60. The van der Waals surface area contributed by atoms with Gasteiger partial charge in [0.2, 0.25) is 6.23 Å². The Morgan fingerprint density at radius 1 is 1.44 bits per heavy atom. The Kier molecular flexibility index (Phi) is 1.50. The van der Waals surface area contributed by atoms with Gasteiger partial charge in [-0.25, -0.2) is 0 Å². The normalized spacial score (nSPS) is 34.7. The number of aliphatic hydroxyl groups excluding tert-OH is 1. The van der Waals surface area contributed by atoms with E-state index >= 15 is 0 Å². The van der Waals surface area contributed by atoms with Crippen LogP contribution in [0.5, 0.6) is 0 Å². The van der Waals surface area contributed by atoms with Crippen LogP contribution in [0.1, 0.15) is 0 Å². The lowest BCUT2D eigenvalue weighted by atomic mass is 10.4. The monoisotopic (exact) mass is 132 g/mol. The molecule has 3 heteroatoms. The predicted molar refractivity (Wildman–Crippen MR) is 33.8 cm³/mol. The summed E-state index contributed by atoms with van der Waals surface area (Å²) in [5.74, 6) is 0. The van der Waals surface area contributed by atoms with Crippen LogP contribution in [-0.4, -0.2) is 49.7 Å². The molecule has 0 aromatic heterocycles. The highest BCUT2D eigenvalue weighted by Crippen LogP contribution is 2.26. The van der Waals surface area contributed by atoms with Crippen LogP contribution in [0.3, 0.4) is 0 Å². The number of quaternary nitrogens is 1. The number of hydrogen-bond donors (Lipinski definition) is 1. The number of ether oxygens (including phenoxy) is 1. The van der Waals surface area contributed by atoms with Gasteiger partial charge in [0.1, 0.15) is 0 Å². The Morgan fingerprint density at radius 2 is 2.00 bits per heavy atom. The molecule has 1 heterocycles. The smallest absolute Gasteiger partial charge is 0.222 e. The fourth-order valence-corrected chi connectivity index (χ4v) is 0.948. The van der Waals surface area contributed by atoms with Crippen LogP contribution in [0.4, 0.5) is 0 Å². The summed E-state index contributed by atoms with van der Waals surface area (Å²) in [6, 6.07) is 0. The van der Waals surface area contributed by atoms with Gasteiger partial charge < -0.3 is 14.3 Å². The number of likely N-dealkylation sites (N-methyl/N-ethyl adjacent to an activating group) is 1. The molecule has 1 N–H and O–H groups in total. The summed E-state index contributed by atoms with van der Waals surface area (Å²) in [5.41, 5.74) is 0. The van der Waals surface area contributed by atoms with Crippen molar-refractivity contribution in [3.8, 4) is 0 Å². The molecule has 3 nitrogen and oxygen atoms in total. The van der Waals surface area contributed by atoms with Crippen molar-refractivity contribution in [1.29, 1.82) is 0 Å². The van der Waals surface area contributed by atoms with Crippen molar-refractivity contribution in [1.82, 2.24) is 0 Å². The first-order chi connectivity index (χ1) is 4.05. The standard InChI is InChI=1S/C6H14NO2/c1-7(2,3)6-5(4-8)9-6/h5-6,8H,4H2,1-3H3/q+1. The summed E-state index contributed by atoms with van der Waals surface area (Å²) >= 11 is 0. The third-order valence-corrected chi connectivity index (χ3v) is 1.50. The number of aliphatic hydroxyl groups is 1. The van der Waals surface area contributed by atoms with Crippen LogP contribution in [0.25, 0.3) is 0 Å². The maximum absolute atomic E-state index is 8.60. The molecule has 1 rings (SSSR count). The summed E-state index contributed by atoms with van der Waals surface area (Å²) in [7, 11) is 6.17. The molecule has 0 bridgehead atoms. The lowest BCUT2D eigenvalue weighted by Crippen LogP contribution is -2.39. The van der Waals surface area contributed by atoms with Gasteiger partial charge in [-0.3, -0.25) is 0 Å². The van der Waals surface area contributed by atoms with Gasteiger partial charge in [0, 0.05) is 0 Å². The third-order valence-electron chi connectivity index (χ3n) is 1.50. The van der Waals surface area contributed by atoms with Crippen LogP contribution in [0.2, 0.25) is 0 Å². The minimum Gasteiger partial charge on any atom is -0.393 e. The second kappa shape index (κ2) is 1.94. The fraction of sp³-hybridized carbons (Fsp3) is 1.00. The van der Waals surface area contributed by atoms with Crippen molar-refractivity contribution >= 4 is 0 Å². The first-order valence-electron chi connectivity index (χ1n) is 3.13. The Balaban J connectivity index is 2.33. The molecule has 2 unspecified atom stereocenters. The molecule has 0 aromatic carbocycles. The van der Waals surface area contributed by atoms with Gasteiger partial charge in [-0.15, -0.1) is 0 Å². The van der Waals surface area contributed by atoms with Crippen molar-refractivity contribution in [3.63, 3.8) is 0 Å². The van der Waals surface area contributed by atoms with Crippen LogP contribution >= 0.6 is 0 Å². The topological polar surface area (TPSA) is 32.8 Å². The minimum absolute atomic E-state index is 0.0880. The summed E-state index contributed by atoms with van der Waals surface area (Å²) in [6.45, 7) is 0.153. The van der Waals surface area contributed by atoms with E-state index in [0.29, 0.717) is 0 Å². The molecular weight excluding hydrogens is 118 g/mol. The van der Waals surface area contributed by atoms with Gasteiger partial charge in [-0.1, -0.05) is 0 Å². The second-order valence-corrected chi connectivity index (χ2v) is 3.36. The average molecular weight is 132 g/mol. The first-order valence-corrected chi connectivity index (χ1v) is 3.13. The zero-order valence-corrected chi connectivity index (χ0v) is 6.16. The largest absolute Gasteiger partial charge is 0.393 e. The summed E-state index contributed by atoms with van der Waals surface area (Å²) in [6.07, 6.45) is 0.306. The van der Waals surface area contributed by atoms with Gasteiger partial charge in [0.05, 0.1) is 27.7 Å². The Labute approximate surface area is 55.4 Å². The van der Waals surface area contributed by atoms with Crippen molar-refractivity contribution in [2.45, 2.75) is 12.3 Å². The van der Waals surface area contributed by atoms with Gasteiger partial charge in [-0.05, 0) is 0 Å². The van der Waals surface area contributed by atoms with Gasteiger partial charge >= 0.3 is 0 Å². The molecule has 54 valence electrons. The third kappa shape index (κ3) is 1.41. The lowest BCUT2D eigenvalue weighted by Gasteiger charge is -2.20. The van der Waals surface area contributed by atoms with Crippen molar-refractivity contribution in [3.05, 3.63) is 0 Å². The summed E-state index contributed by atoms with van der Waals surface area (Å²) < 4.78 is 5.94. The maximum Gasteiger partial charge on any atom is 0.222 e. The van der Waals surface area contributed by atoms with E-state index in [4.69, 9.17) is 9.84 Å². The van der Waals surface area contributed by atoms with Crippen LogP contribution in [-0.2, 0) is 4.74 Å². The highest BCUT2D eigenvalue weighted by atomic mass is 16.6. The zero-order valence-electron chi connectivity index (χ0n) is 6.16. The fourth-order valence-electron chi connectivity index (χ4n) is 0.948. The quantitative estimate of drug-likeness (QED) is 0.402. The van der Waals surface area contributed by atoms with Crippen LogP contribution in [0.15, 0.2) is 0 Å². The van der Waals surface area contributed by atoms with Crippen LogP contribution < -0.4 is 0 Å². The molecule has 0 amide bonds. The van der Waals surface area contributed by atoms with E-state index in [0.717, 1.165) is 4.48 Å². The molecule has 1 saturated heterocycles. The van der Waals surface area contributed by atoms with Gasteiger partial charge in [0.25, 0.3) is 0 Å². The van der Waals surface area contributed by atoms with E-state index in [-0.39, 0.29) is 18.9 Å². The molecule has 0 radical (unpaired) electrons. The first kappa shape index (κ1) is 6.99. The number of hydrogen-bond acceptors (Lipinski definition) is 2. The van der Waals surface area contributed by atoms with Crippen molar-refractivity contribution < 1.29 is 14.3 Å². The molecule has 1 fully saturated rings. The number of rotatable bonds is 2. The average Bonchev–Trinajstić information content (AvgIpc) is 2.39. The highest BCUT2D eigenvalue weighted by molar-refractivity contribution is 4.74. The number of epoxide rings is 1. The zero-order chi connectivity index (χ0) is 7.07. The Hall–Kier alpha value is -0.120. The Morgan fingerprint density at radius 3 is 2.11 bits per heavy atom. The van der Waals surface area contributed by atoms with E-state index in [9.17, 15) is 0 Å². The summed E-state index contributed by atoms with van der Waals surface area (Å²) in [5, 5.41) is 8.60. The second-order valence-electron chi connectivity index (χ2n) is 3.36. The molecular formula is C6H14NO2+. The van der Waals surface area contributed by atoms with Crippen molar-refractivity contribution in [2.75, 3.05) is 27.7 Å². The molecule has 9 heavy (non-hydrogen) atoms. The van der Waals surface area contributed by atoms with E-state index in [1.54, 1.807) is 0 Å². The minimum atomic E-state index is 0.0880. The highest BCUT2D eigenvalue weighted by Gasteiger charge is 2.49. The van der Waals surface area contributed by atoms with E-state index < -0.39 is 0 Å². The van der Waals surface area contributed by atoms with Gasteiger partial charge in [-0.2, -0.15) is 0 Å². The summed E-state index contributed by atoms with van der Waals surface area (Å²) in [4.78, 5) is 0. The molecule has 1 aliphatic heterocycles. The van der Waals surface area contributed by atoms with E-state index in [1.807, 2.05) is 0 Å². The van der Waals surface area contributed by atoms with Crippen LogP contribution in [0, 0.1) is 0 Å². The molecule has 0 aromatic rings. The lowest BCUT2D eigenvalue weighted by molar-refractivity contribution is -0.892. The predicted octanol–water partition coefficient (Wildman–Crippen LogP) is -0.590. The molecule has 0 saturated carbocycles.